The van der Waals surface area contributed by atoms with E-state index in [-0.39, 0.29) is 0 Å². The number of hydrogen-bond acceptors (Lipinski definition) is 6. The number of aryl methyl sites for hydroxylation is 2. The van der Waals surface area contributed by atoms with Crippen LogP contribution in [0.1, 0.15) is 30.0 Å². The van der Waals surface area contributed by atoms with Gasteiger partial charge in [0.2, 0.25) is 5.89 Å². The van der Waals surface area contributed by atoms with Gasteiger partial charge in [0.05, 0.1) is 6.54 Å². The van der Waals surface area contributed by atoms with Crippen LogP contribution in [0.5, 0.6) is 0 Å². The summed E-state index contributed by atoms with van der Waals surface area (Å²) in [4.78, 5) is 14.8. The number of rotatable bonds is 4. The lowest BCUT2D eigenvalue weighted by molar-refractivity contribution is 0.387. The number of anilines is 1. The second-order valence-electron chi connectivity index (χ2n) is 4.30. The van der Waals surface area contributed by atoms with Crippen LogP contribution >= 0.6 is 11.6 Å². The molecule has 0 atom stereocenters. The molecule has 6 nitrogen and oxygen atoms in total. The molecule has 0 radical (unpaired) electrons. The van der Waals surface area contributed by atoms with Gasteiger partial charge in [-0.3, -0.25) is 0 Å². The van der Waals surface area contributed by atoms with E-state index in [4.69, 9.17) is 16.1 Å². The molecule has 0 saturated carbocycles. The molecule has 0 N–H and O–H groups in total. The van der Waals surface area contributed by atoms with Crippen LogP contribution in [-0.4, -0.2) is 27.2 Å². The molecule has 0 saturated heterocycles. The van der Waals surface area contributed by atoms with Gasteiger partial charge in [0, 0.05) is 19.5 Å². The standard InChI is InChI=1S/C12H16ClN5O/c1-5-9-11(13)14-7(2)15-12(9)18(4)6-10-16-8(3)19-17-10/h5-6H2,1-4H3. The van der Waals surface area contributed by atoms with Crippen molar-refractivity contribution in [2.75, 3.05) is 11.9 Å². The zero-order valence-corrected chi connectivity index (χ0v) is 12.2. The van der Waals surface area contributed by atoms with Crippen molar-refractivity contribution >= 4 is 17.4 Å². The van der Waals surface area contributed by atoms with Crippen molar-refractivity contribution in [2.45, 2.75) is 33.7 Å². The molecule has 19 heavy (non-hydrogen) atoms. The molecule has 102 valence electrons. The molecule has 0 aromatic carbocycles. The van der Waals surface area contributed by atoms with Crippen molar-refractivity contribution in [3.05, 3.63) is 28.3 Å². The summed E-state index contributed by atoms with van der Waals surface area (Å²) >= 11 is 6.16. The minimum atomic E-state index is 0.501. The molecule has 0 aliphatic heterocycles. The van der Waals surface area contributed by atoms with Crippen molar-refractivity contribution in [3.8, 4) is 0 Å². The average molecular weight is 282 g/mol. The van der Waals surface area contributed by atoms with Crippen LogP contribution < -0.4 is 4.90 Å². The number of nitrogens with zero attached hydrogens (tertiary/aromatic N) is 5. The molecule has 2 heterocycles. The highest BCUT2D eigenvalue weighted by atomic mass is 35.5. The molecule has 7 heteroatoms. The lowest BCUT2D eigenvalue weighted by Crippen LogP contribution is -2.21. The smallest absolute Gasteiger partial charge is 0.223 e. The van der Waals surface area contributed by atoms with Crippen molar-refractivity contribution < 1.29 is 4.52 Å². The molecule has 0 fully saturated rings. The minimum absolute atomic E-state index is 0.501. The van der Waals surface area contributed by atoms with E-state index in [2.05, 4.69) is 20.1 Å². The number of hydrogen-bond donors (Lipinski definition) is 0. The fourth-order valence-electron chi connectivity index (χ4n) is 1.86. The molecule has 2 aromatic rings. The molecule has 0 bridgehead atoms. The van der Waals surface area contributed by atoms with Gasteiger partial charge in [-0.25, -0.2) is 9.97 Å². The van der Waals surface area contributed by atoms with Gasteiger partial charge >= 0.3 is 0 Å². The van der Waals surface area contributed by atoms with E-state index in [1.807, 2.05) is 25.8 Å². The largest absolute Gasteiger partial charge is 0.352 e. The lowest BCUT2D eigenvalue weighted by Gasteiger charge is -2.20. The van der Waals surface area contributed by atoms with E-state index < -0.39 is 0 Å². The fraction of sp³-hybridized carbons (Fsp3) is 0.500. The fourth-order valence-corrected chi connectivity index (χ4v) is 2.20. The Bertz CT molecular complexity index is 583. The van der Waals surface area contributed by atoms with Crippen LogP contribution in [0.3, 0.4) is 0 Å². The van der Waals surface area contributed by atoms with E-state index in [9.17, 15) is 0 Å². The van der Waals surface area contributed by atoms with E-state index >= 15 is 0 Å². The van der Waals surface area contributed by atoms with Gasteiger partial charge in [-0.2, -0.15) is 4.98 Å². The third-order valence-electron chi connectivity index (χ3n) is 2.71. The molecular weight excluding hydrogens is 266 g/mol. The zero-order chi connectivity index (χ0) is 14.0. The summed E-state index contributed by atoms with van der Waals surface area (Å²) < 4.78 is 4.96. The summed E-state index contributed by atoms with van der Waals surface area (Å²) in [5.41, 5.74) is 0.926. The van der Waals surface area contributed by atoms with E-state index in [0.29, 0.717) is 29.2 Å². The molecule has 0 unspecified atom stereocenters. The Balaban J connectivity index is 2.30. The van der Waals surface area contributed by atoms with Crippen molar-refractivity contribution in [1.82, 2.24) is 20.1 Å². The van der Waals surface area contributed by atoms with Gasteiger partial charge in [0.15, 0.2) is 5.82 Å². The third kappa shape index (κ3) is 3.01. The molecule has 2 rings (SSSR count). The lowest BCUT2D eigenvalue weighted by atomic mass is 10.2. The molecule has 0 amide bonds. The first kappa shape index (κ1) is 13.7. The van der Waals surface area contributed by atoms with Crippen LogP contribution in [0.4, 0.5) is 5.82 Å². The Morgan fingerprint density at radius 3 is 2.53 bits per heavy atom. The van der Waals surface area contributed by atoms with Gasteiger partial charge in [0.1, 0.15) is 16.8 Å². The first-order valence-electron chi connectivity index (χ1n) is 6.04. The maximum atomic E-state index is 6.16. The molecule has 2 aromatic heterocycles. The molecule has 0 aliphatic rings. The van der Waals surface area contributed by atoms with Gasteiger partial charge in [-0.1, -0.05) is 23.7 Å². The summed E-state index contributed by atoms with van der Waals surface area (Å²) in [7, 11) is 1.92. The Labute approximate surface area is 116 Å². The van der Waals surface area contributed by atoms with Gasteiger partial charge < -0.3 is 9.42 Å². The second-order valence-corrected chi connectivity index (χ2v) is 4.66. The first-order chi connectivity index (χ1) is 9.01. The normalized spacial score (nSPS) is 10.8. The molecule has 0 aliphatic carbocycles. The summed E-state index contributed by atoms with van der Waals surface area (Å²) in [5, 5.41) is 4.38. The Morgan fingerprint density at radius 1 is 1.21 bits per heavy atom. The van der Waals surface area contributed by atoms with E-state index in [1.54, 1.807) is 6.92 Å². The maximum absolute atomic E-state index is 6.16. The molecule has 0 spiro atoms. The van der Waals surface area contributed by atoms with Crippen LogP contribution in [0.25, 0.3) is 0 Å². The summed E-state index contributed by atoms with van der Waals surface area (Å²) in [6, 6.07) is 0. The summed E-state index contributed by atoms with van der Waals surface area (Å²) in [6.45, 7) is 6.12. The van der Waals surface area contributed by atoms with Crippen molar-refractivity contribution in [2.24, 2.45) is 0 Å². The van der Waals surface area contributed by atoms with Crippen LogP contribution in [0.2, 0.25) is 5.15 Å². The highest BCUT2D eigenvalue weighted by Gasteiger charge is 2.15. The Kier molecular flexibility index (Phi) is 3.99. The van der Waals surface area contributed by atoms with Gasteiger partial charge in [-0.15, -0.1) is 0 Å². The van der Waals surface area contributed by atoms with E-state index in [1.165, 1.54) is 0 Å². The Morgan fingerprint density at radius 2 is 1.95 bits per heavy atom. The van der Waals surface area contributed by atoms with Gasteiger partial charge in [0.25, 0.3) is 0 Å². The second kappa shape index (κ2) is 5.52. The van der Waals surface area contributed by atoms with Crippen molar-refractivity contribution in [3.63, 3.8) is 0 Å². The minimum Gasteiger partial charge on any atom is -0.352 e. The van der Waals surface area contributed by atoms with Crippen LogP contribution in [-0.2, 0) is 13.0 Å². The Hall–Kier alpha value is -1.69. The van der Waals surface area contributed by atoms with Gasteiger partial charge in [-0.05, 0) is 13.3 Å². The highest BCUT2D eigenvalue weighted by Crippen LogP contribution is 2.24. The third-order valence-corrected chi connectivity index (χ3v) is 3.02. The van der Waals surface area contributed by atoms with Crippen molar-refractivity contribution in [1.29, 1.82) is 0 Å². The zero-order valence-electron chi connectivity index (χ0n) is 11.4. The predicted molar refractivity (Wildman–Crippen MR) is 72.3 cm³/mol. The molecular formula is C12H16ClN5O. The predicted octanol–water partition coefficient (Wildman–Crippen LogP) is 2.33. The number of halogens is 1. The summed E-state index contributed by atoms with van der Waals surface area (Å²) in [6.07, 6.45) is 0.768. The maximum Gasteiger partial charge on any atom is 0.223 e. The quantitative estimate of drug-likeness (QED) is 0.801. The first-order valence-corrected chi connectivity index (χ1v) is 6.42. The highest BCUT2D eigenvalue weighted by molar-refractivity contribution is 6.30. The average Bonchev–Trinajstić information content (AvgIpc) is 2.73. The topological polar surface area (TPSA) is 67.9 Å². The van der Waals surface area contributed by atoms with Crippen LogP contribution in [0, 0.1) is 13.8 Å². The monoisotopic (exact) mass is 281 g/mol. The van der Waals surface area contributed by atoms with Crippen LogP contribution in [0.15, 0.2) is 4.52 Å². The summed E-state index contributed by atoms with van der Waals surface area (Å²) in [5.74, 6) is 2.63. The SMILES string of the molecule is CCc1c(Cl)nc(C)nc1N(C)Cc1noc(C)n1. The van der Waals surface area contributed by atoms with E-state index in [0.717, 1.165) is 17.8 Å². The number of aromatic nitrogens is 4.